The lowest BCUT2D eigenvalue weighted by molar-refractivity contribution is -0.393. The SMILES string of the molecule is CC(C)C[C@H](NC(=O)CNC(=O)[C@H](CC(C)C)NC(=O)[C@@H]1CCCN1C(=O)[C@H](N)CCCN=C(N)N)C(=O)N[C@@H](CNc1ccc([N+](=O)[O-])cc1[N+](=O)[O-])C(=O)N[C@@H](C)C(=O)N[C@H](CCCN=C(N)N)C(=O)N[C@@H](C=O)CCC(=O)O. The maximum atomic E-state index is 14.2. The van der Waals surface area contributed by atoms with Gasteiger partial charge in [-0.25, -0.2) is 0 Å². The van der Waals surface area contributed by atoms with E-state index in [0.717, 1.165) is 12.1 Å². The van der Waals surface area contributed by atoms with Crippen LogP contribution in [0.2, 0.25) is 0 Å². The number of amides is 8. The summed E-state index contributed by atoms with van der Waals surface area (Å²) in [5.41, 5.74) is 25.9. The molecule has 450 valence electrons. The summed E-state index contributed by atoms with van der Waals surface area (Å²) in [6, 6.07) is -7.76. The highest BCUT2D eigenvalue weighted by molar-refractivity contribution is 5.97. The monoisotopic (exact) mass is 1150 g/mol. The molecule has 2 rings (SSSR count). The van der Waals surface area contributed by atoms with Gasteiger partial charge in [-0.3, -0.25) is 73.4 Å². The number of carboxylic acids is 1. The van der Waals surface area contributed by atoms with E-state index in [2.05, 4.69) is 52.5 Å². The van der Waals surface area contributed by atoms with Crippen LogP contribution in [0.15, 0.2) is 28.2 Å². The zero-order chi connectivity index (χ0) is 61.1. The average Bonchev–Trinajstić information content (AvgIpc) is 3.94. The minimum absolute atomic E-state index is 0.00451. The highest BCUT2D eigenvalue weighted by atomic mass is 16.6. The Hall–Kier alpha value is -8.78. The van der Waals surface area contributed by atoms with Gasteiger partial charge in [-0.2, -0.15) is 0 Å². The number of hydrogen-bond donors (Lipinski definition) is 14. The number of hydrogen-bond acceptors (Lipinski definition) is 18. The van der Waals surface area contributed by atoms with Gasteiger partial charge in [-0.1, -0.05) is 27.7 Å². The lowest BCUT2D eigenvalue weighted by Gasteiger charge is -2.29. The van der Waals surface area contributed by atoms with E-state index in [9.17, 15) is 68.2 Å². The normalized spacial score (nSPS) is 15.4. The van der Waals surface area contributed by atoms with Crippen molar-refractivity contribution in [1.82, 2.24) is 42.1 Å². The van der Waals surface area contributed by atoms with Crippen LogP contribution in [0.4, 0.5) is 17.1 Å². The zero-order valence-corrected chi connectivity index (χ0v) is 46.0. The van der Waals surface area contributed by atoms with E-state index in [1.165, 1.54) is 11.8 Å². The number of nitro benzene ring substituents is 2. The molecule has 8 atom stereocenters. The molecule has 1 aromatic rings. The first-order valence-corrected chi connectivity index (χ1v) is 26.1. The van der Waals surface area contributed by atoms with Crippen molar-refractivity contribution in [2.45, 2.75) is 147 Å². The number of nitrogens with two attached hydrogens (primary N) is 5. The zero-order valence-electron chi connectivity index (χ0n) is 46.0. The Morgan fingerprint density at radius 1 is 0.728 bits per heavy atom. The summed E-state index contributed by atoms with van der Waals surface area (Å²) in [6.45, 7) is 7.34. The van der Waals surface area contributed by atoms with Crippen LogP contribution in [0.3, 0.4) is 0 Å². The number of carboxylic acid groups (broad SMARTS) is 1. The largest absolute Gasteiger partial charge is 0.481 e. The number of nitro groups is 2. The molecule has 1 heterocycles. The molecule has 1 aliphatic rings. The molecule has 0 radical (unpaired) electrons. The lowest BCUT2D eigenvalue weighted by atomic mass is 10.0. The molecule has 81 heavy (non-hydrogen) atoms. The van der Waals surface area contributed by atoms with Crippen LogP contribution in [-0.2, 0) is 47.9 Å². The summed E-state index contributed by atoms with van der Waals surface area (Å²) >= 11 is 0. The average molecular weight is 1150 g/mol. The molecule has 33 nitrogen and oxygen atoms in total. The molecule has 33 heteroatoms. The minimum atomic E-state index is -1.74. The van der Waals surface area contributed by atoms with Crippen LogP contribution in [0, 0.1) is 32.1 Å². The third kappa shape index (κ3) is 24.8. The van der Waals surface area contributed by atoms with Gasteiger partial charge in [0, 0.05) is 38.7 Å². The molecule has 8 amide bonds. The summed E-state index contributed by atoms with van der Waals surface area (Å²) in [5, 5.41) is 52.5. The van der Waals surface area contributed by atoms with E-state index in [1.807, 2.05) is 0 Å². The molecule has 0 aromatic heterocycles. The Morgan fingerprint density at radius 2 is 1.30 bits per heavy atom. The molecule has 0 aliphatic carbocycles. The molecule has 1 fully saturated rings. The third-order valence-corrected chi connectivity index (χ3v) is 12.3. The van der Waals surface area contributed by atoms with Gasteiger partial charge < -0.3 is 86.0 Å². The van der Waals surface area contributed by atoms with E-state index in [-0.39, 0.29) is 87.6 Å². The number of aliphatic imine (C=N–C) groups is 2. The van der Waals surface area contributed by atoms with Gasteiger partial charge >= 0.3 is 5.97 Å². The van der Waals surface area contributed by atoms with Crippen LogP contribution in [0.5, 0.6) is 0 Å². The van der Waals surface area contributed by atoms with Gasteiger partial charge in [-0.15, -0.1) is 0 Å². The Labute approximate surface area is 466 Å². The number of likely N-dealkylation sites (tertiary alicyclic amines) is 1. The topological polar surface area (TPSA) is 532 Å². The van der Waals surface area contributed by atoms with Gasteiger partial charge in [0.2, 0.25) is 47.3 Å². The number of non-ortho nitro benzene ring substituents is 1. The second kappa shape index (κ2) is 34.3. The second-order valence-electron chi connectivity index (χ2n) is 20.0. The van der Waals surface area contributed by atoms with Gasteiger partial charge in [0.15, 0.2) is 11.9 Å². The fraction of sp³-hybridized carbons (Fsp3) is 0.625. The Kier molecular flexibility index (Phi) is 28.9. The van der Waals surface area contributed by atoms with E-state index in [0.29, 0.717) is 31.6 Å². The molecule has 19 N–H and O–H groups in total. The molecule has 0 spiro atoms. The quantitative estimate of drug-likeness (QED) is 0.00776. The number of carbonyl (C=O) groups is 10. The number of benzene rings is 1. The smallest absolute Gasteiger partial charge is 0.303 e. The molecule has 0 saturated carbocycles. The first-order chi connectivity index (χ1) is 38.0. The number of carbonyl (C=O) groups excluding carboxylic acids is 9. The minimum Gasteiger partial charge on any atom is -0.481 e. The first-order valence-electron chi connectivity index (χ1n) is 26.1. The number of aldehydes is 1. The predicted molar refractivity (Wildman–Crippen MR) is 293 cm³/mol. The van der Waals surface area contributed by atoms with Crippen molar-refractivity contribution in [1.29, 1.82) is 0 Å². The Balaban J connectivity index is 2.36. The van der Waals surface area contributed by atoms with Crippen LogP contribution in [0.1, 0.15) is 98.8 Å². The maximum Gasteiger partial charge on any atom is 0.303 e. The van der Waals surface area contributed by atoms with E-state index >= 15 is 0 Å². The van der Waals surface area contributed by atoms with Crippen LogP contribution >= 0.6 is 0 Å². The molecule has 0 unspecified atom stereocenters. The van der Waals surface area contributed by atoms with Gasteiger partial charge in [0.25, 0.3) is 11.4 Å². The van der Waals surface area contributed by atoms with E-state index in [1.54, 1.807) is 27.7 Å². The summed E-state index contributed by atoms with van der Waals surface area (Å²) in [6.07, 6.45) is 1.06. The standard InChI is InChI=1S/C48H78N18O15/c1-25(2)19-33(62-45(76)36-11-8-18-64(36)46(77)30(49)9-6-16-54-47(50)51)41(72)57-23-38(68)60-34(20-26(3)4)43(74)63-35(22-56-31-14-13-29(65(78)79)21-37(31)66(80)81)44(75)58-27(5)40(71)61-32(10-7-17-55-48(52)53)42(73)59-28(24-67)12-15-39(69)70/h13-14,21,24-28,30,32-36,56H,6-12,15-20,22-23,49H2,1-5H3,(H,57,72)(H,58,75)(H,59,73)(H,60,68)(H,61,71)(H,62,76)(H,63,74)(H,69,70)(H4,50,51,54)(H4,52,53,55)/t27-,28+,30+,32+,33-,34-,35-,36-/m0/s1. The van der Waals surface area contributed by atoms with Crippen molar-refractivity contribution in [3.8, 4) is 0 Å². The number of nitrogens with one attached hydrogen (secondary N) is 8. The van der Waals surface area contributed by atoms with Crippen LogP contribution in [-0.4, -0.2) is 172 Å². The highest BCUT2D eigenvalue weighted by Crippen LogP contribution is 2.29. The summed E-state index contributed by atoms with van der Waals surface area (Å²) in [5.74, 6) is -8.73. The van der Waals surface area contributed by atoms with Crippen molar-refractivity contribution in [3.63, 3.8) is 0 Å². The van der Waals surface area contributed by atoms with Crippen molar-refractivity contribution >= 4 is 88.5 Å². The fourth-order valence-corrected chi connectivity index (χ4v) is 8.18. The molecule has 0 bridgehead atoms. The van der Waals surface area contributed by atoms with Gasteiger partial charge in [0.1, 0.15) is 48.2 Å². The van der Waals surface area contributed by atoms with Crippen LogP contribution < -0.4 is 71.2 Å². The van der Waals surface area contributed by atoms with Gasteiger partial charge in [-0.05, 0) is 82.6 Å². The summed E-state index contributed by atoms with van der Waals surface area (Å²) in [4.78, 5) is 163. The highest BCUT2D eigenvalue weighted by Gasteiger charge is 2.38. The van der Waals surface area contributed by atoms with Gasteiger partial charge in [0.05, 0.1) is 34.5 Å². The number of guanidine groups is 2. The molecule has 1 aromatic carbocycles. The van der Waals surface area contributed by atoms with E-state index in [4.69, 9.17) is 33.8 Å². The number of rotatable bonds is 36. The predicted octanol–water partition coefficient (Wildman–Crippen LogP) is -3.46. The van der Waals surface area contributed by atoms with Crippen molar-refractivity contribution in [3.05, 3.63) is 38.4 Å². The van der Waals surface area contributed by atoms with Crippen molar-refractivity contribution < 1.29 is 62.9 Å². The first kappa shape index (κ1) is 68.3. The second-order valence-corrected chi connectivity index (χ2v) is 20.0. The molecule has 1 aliphatic heterocycles. The van der Waals surface area contributed by atoms with E-state index < -0.39 is 142 Å². The van der Waals surface area contributed by atoms with Crippen molar-refractivity contribution in [2.75, 3.05) is 38.0 Å². The fourth-order valence-electron chi connectivity index (χ4n) is 8.18. The Morgan fingerprint density at radius 3 is 1.85 bits per heavy atom. The molecular formula is C48H78N18O15. The Bertz CT molecular complexity index is 2470. The number of aliphatic carboxylic acids is 1. The maximum absolute atomic E-state index is 14.2. The number of nitrogens with zero attached hydrogens (tertiary/aromatic N) is 5. The lowest BCUT2D eigenvalue weighted by Crippen LogP contribution is -2.60. The third-order valence-electron chi connectivity index (χ3n) is 12.3. The van der Waals surface area contributed by atoms with Crippen LogP contribution in [0.25, 0.3) is 0 Å². The van der Waals surface area contributed by atoms with Crippen molar-refractivity contribution in [2.24, 2.45) is 50.5 Å². The molecule has 1 saturated heterocycles. The summed E-state index contributed by atoms with van der Waals surface area (Å²) in [7, 11) is 0. The molecular weight excluding hydrogens is 1070 g/mol. The number of anilines is 1. The summed E-state index contributed by atoms with van der Waals surface area (Å²) < 4.78 is 0.